The van der Waals surface area contributed by atoms with Gasteiger partial charge in [-0.15, -0.1) is 0 Å². The van der Waals surface area contributed by atoms with Gasteiger partial charge in [0.25, 0.3) is 0 Å². The van der Waals surface area contributed by atoms with E-state index in [-0.39, 0.29) is 11.1 Å². The third kappa shape index (κ3) is 2.62. The smallest absolute Gasteiger partial charge is 0.416 e. The molecule has 0 aromatic heterocycles. The number of nitrogens with zero attached hydrogens (tertiary/aromatic N) is 1. The molecule has 1 aliphatic heterocycles. The molecule has 0 amide bonds. The van der Waals surface area contributed by atoms with Crippen LogP contribution in [-0.2, 0) is 15.7 Å². The number of halogens is 3. The van der Waals surface area contributed by atoms with E-state index in [1.165, 1.54) is 0 Å². The van der Waals surface area contributed by atoms with Crippen LogP contribution in [0.5, 0.6) is 0 Å². The number of ether oxygens (including phenoxy) is 1. The van der Waals surface area contributed by atoms with Gasteiger partial charge in [0.05, 0.1) is 5.56 Å². The molecule has 110 valence electrons. The molecule has 1 aromatic carbocycles. The third-order valence-electron chi connectivity index (χ3n) is 3.02. The maximum absolute atomic E-state index is 12.6. The molecule has 1 aliphatic rings. The molecule has 0 bridgehead atoms. The van der Waals surface area contributed by atoms with E-state index in [1.807, 2.05) is 0 Å². The second kappa shape index (κ2) is 5.04. The van der Waals surface area contributed by atoms with Crippen LogP contribution in [0.15, 0.2) is 18.2 Å². The molecule has 2 N–H and O–H groups in total. The zero-order chi connectivity index (χ0) is 15.1. The van der Waals surface area contributed by atoms with Crippen molar-refractivity contribution in [1.29, 1.82) is 0 Å². The Balaban J connectivity index is 2.29. The van der Waals surface area contributed by atoms with E-state index >= 15 is 0 Å². The maximum Gasteiger partial charge on any atom is 0.416 e. The van der Waals surface area contributed by atoms with Crippen molar-refractivity contribution in [2.75, 3.05) is 6.73 Å². The van der Waals surface area contributed by atoms with Crippen molar-refractivity contribution in [3.8, 4) is 0 Å². The molecule has 2 atom stereocenters. The van der Waals surface area contributed by atoms with Crippen molar-refractivity contribution < 1.29 is 32.9 Å². The van der Waals surface area contributed by atoms with E-state index in [0.717, 1.165) is 30.0 Å². The fourth-order valence-electron chi connectivity index (χ4n) is 2.01. The van der Waals surface area contributed by atoms with E-state index in [0.29, 0.717) is 0 Å². The SMILES string of the molecule is CC(=O)OCN1C(O)c2ccc(C(F)(F)F)cc2C1O. The van der Waals surface area contributed by atoms with Gasteiger partial charge >= 0.3 is 12.1 Å². The first-order chi connectivity index (χ1) is 9.21. The molecule has 5 nitrogen and oxygen atoms in total. The number of aliphatic hydroxyl groups excluding tert-OH is 2. The highest BCUT2D eigenvalue weighted by atomic mass is 19.4. The van der Waals surface area contributed by atoms with Gasteiger partial charge in [0.2, 0.25) is 0 Å². The Morgan fingerprint density at radius 2 is 1.90 bits per heavy atom. The number of rotatable bonds is 2. The summed E-state index contributed by atoms with van der Waals surface area (Å²) in [5.74, 6) is -0.628. The highest BCUT2D eigenvalue weighted by Crippen LogP contribution is 2.41. The van der Waals surface area contributed by atoms with Crippen molar-refractivity contribution in [2.24, 2.45) is 0 Å². The van der Waals surface area contributed by atoms with Gasteiger partial charge in [-0.1, -0.05) is 6.07 Å². The van der Waals surface area contributed by atoms with Crippen molar-refractivity contribution in [1.82, 2.24) is 4.90 Å². The molecular formula is C12H12F3NO4. The average molecular weight is 291 g/mol. The molecule has 0 saturated heterocycles. The summed E-state index contributed by atoms with van der Waals surface area (Å²) in [5.41, 5.74) is -0.825. The summed E-state index contributed by atoms with van der Waals surface area (Å²) in [7, 11) is 0. The Labute approximate surface area is 112 Å². The molecular weight excluding hydrogens is 279 g/mol. The normalized spacial score (nSPS) is 22.7. The summed E-state index contributed by atoms with van der Waals surface area (Å²) in [6.07, 6.45) is -7.34. The van der Waals surface area contributed by atoms with Crippen LogP contribution in [-0.4, -0.2) is 27.8 Å². The molecule has 20 heavy (non-hydrogen) atoms. The molecule has 0 aliphatic carbocycles. The van der Waals surface area contributed by atoms with Crippen LogP contribution in [0.1, 0.15) is 36.1 Å². The molecule has 1 aromatic rings. The number of hydrogen-bond acceptors (Lipinski definition) is 5. The second-order valence-corrected chi connectivity index (χ2v) is 4.37. The lowest BCUT2D eigenvalue weighted by Crippen LogP contribution is -2.29. The quantitative estimate of drug-likeness (QED) is 0.809. The van der Waals surface area contributed by atoms with Crippen molar-refractivity contribution in [3.63, 3.8) is 0 Å². The fourth-order valence-corrected chi connectivity index (χ4v) is 2.01. The summed E-state index contributed by atoms with van der Waals surface area (Å²) in [6, 6.07) is 2.70. The van der Waals surface area contributed by atoms with Gasteiger partial charge in [-0.25, -0.2) is 4.90 Å². The molecule has 0 fully saturated rings. The van der Waals surface area contributed by atoms with E-state index in [2.05, 4.69) is 4.74 Å². The monoisotopic (exact) mass is 291 g/mol. The first kappa shape index (κ1) is 14.8. The number of esters is 1. The second-order valence-electron chi connectivity index (χ2n) is 4.37. The van der Waals surface area contributed by atoms with Gasteiger partial charge in [-0.05, 0) is 12.1 Å². The van der Waals surface area contributed by atoms with Crippen molar-refractivity contribution in [3.05, 3.63) is 34.9 Å². The standard InChI is InChI=1S/C12H12F3NO4/c1-6(17)20-5-16-10(18)8-3-2-7(12(13,14)15)4-9(8)11(16)19/h2-4,10-11,18-19H,5H2,1H3. The summed E-state index contributed by atoms with van der Waals surface area (Å²) in [4.78, 5) is 11.7. The van der Waals surface area contributed by atoms with Crippen LogP contribution in [0, 0.1) is 0 Å². The Morgan fingerprint density at radius 1 is 1.30 bits per heavy atom. The van der Waals surface area contributed by atoms with Crippen LogP contribution in [0.2, 0.25) is 0 Å². The Morgan fingerprint density at radius 3 is 2.45 bits per heavy atom. The van der Waals surface area contributed by atoms with Gasteiger partial charge in [0, 0.05) is 18.1 Å². The topological polar surface area (TPSA) is 70.0 Å². The lowest BCUT2D eigenvalue weighted by Gasteiger charge is -2.22. The van der Waals surface area contributed by atoms with Gasteiger partial charge in [0.1, 0.15) is 19.2 Å². The minimum Gasteiger partial charge on any atom is -0.450 e. The Hall–Kier alpha value is -1.64. The number of carbonyl (C=O) groups excluding carboxylic acids is 1. The Kier molecular flexibility index (Phi) is 3.72. The number of aliphatic hydroxyl groups is 2. The molecule has 1 heterocycles. The van der Waals surface area contributed by atoms with E-state index in [9.17, 15) is 28.2 Å². The highest BCUT2D eigenvalue weighted by molar-refractivity contribution is 5.65. The highest BCUT2D eigenvalue weighted by Gasteiger charge is 2.39. The van der Waals surface area contributed by atoms with Gasteiger partial charge in [0.15, 0.2) is 0 Å². The van der Waals surface area contributed by atoms with Crippen LogP contribution in [0.4, 0.5) is 13.2 Å². The van der Waals surface area contributed by atoms with Crippen molar-refractivity contribution in [2.45, 2.75) is 25.6 Å². The third-order valence-corrected chi connectivity index (χ3v) is 3.02. The van der Waals surface area contributed by atoms with Crippen LogP contribution >= 0.6 is 0 Å². The molecule has 0 saturated carbocycles. The fraction of sp³-hybridized carbons (Fsp3) is 0.417. The first-order valence-electron chi connectivity index (χ1n) is 5.68. The van der Waals surface area contributed by atoms with E-state index in [4.69, 9.17) is 0 Å². The van der Waals surface area contributed by atoms with Crippen LogP contribution in [0.25, 0.3) is 0 Å². The maximum atomic E-state index is 12.6. The summed E-state index contributed by atoms with van der Waals surface area (Å²) in [5, 5.41) is 19.8. The minimum absolute atomic E-state index is 0.0560. The summed E-state index contributed by atoms with van der Waals surface area (Å²) in [6.45, 7) is 0.720. The van der Waals surface area contributed by atoms with Gasteiger partial charge in [-0.2, -0.15) is 13.2 Å². The molecule has 0 spiro atoms. The number of hydrogen-bond donors (Lipinski definition) is 2. The average Bonchev–Trinajstić information content (AvgIpc) is 2.58. The largest absolute Gasteiger partial charge is 0.450 e. The summed E-state index contributed by atoms with van der Waals surface area (Å²) < 4.78 is 42.5. The first-order valence-corrected chi connectivity index (χ1v) is 5.68. The van der Waals surface area contributed by atoms with Crippen LogP contribution < -0.4 is 0 Å². The lowest BCUT2D eigenvalue weighted by atomic mass is 10.0. The molecule has 8 heteroatoms. The Bertz CT molecular complexity index is 532. The molecule has 0 radical (unpaired) electrons. The van der Waals surface area contributed by atoms with E-state index in [1.54, 1.807) is 0 Å². The van der Waals surface area contributed by atoms with Gasteiger partial charge < -0.3 is 14.9 Å². The molecule has 2 rings (SSSR count). The zero-order valence-electron chi connectivity index (χ0n) is 10.4. The number of fused-ring (bicyclic) bond motifs is 1. The molecule has 2 unspecified atom stereocenters. The number of alkyl halides is 3. The predicted octanol–water partition coefficient (Wildman–Crippen LogP) is 1.52. The minimum atomic E-state index is -4.54. The number of benzene rings is 1. The predicted molar refractivity (Wildman–Crippen MR) is 59.8 cm³/mol. The zero-order valence-corrected chi connectivity index (χ0v) is 10.4. The number of carbonyl (C=O) groups is 1. The van der Waals surface area contributed by atoms with Crippen LogP contribution in [0.3, 0.4) is 0 Å². The van der Waals surface area contributed by atoms with Crippen molar-refractivity contribution >= 4 is 5.97 Å². The lowest BCUT2D eigenvalue weighted by molar-refractivity contribution is -0.165. The van der Waals surface area contributed by atoms with E-state index < -0.39 is 36.9 Å². The summed E-state index contributed by atoms with van der Waals surface area (Å²) >= 11 is 0. The van der Waals surface area contributed by atoms with Gasteiger partial charge in [-0.3, -0.25) is 4.79 Å².